The predicted molar refractivity (Wildman–Crippen MR) is 95.9 cm³/mol. The Balaban J connectivity index is 1.49. The lowest BCUT2D eigenvalue weighted by molar-refractivity contribution is -0.120. The highest BCUT2D eigenvalue weighted by Gasteiger charge is 2.40. The lowest BCUT2D eigenvalue weighted by atomic mass is 9.93. The average molecular weight is 357 g/mol. The first-order valence-corrected chi connectivity index (χ1v) is 9.04. The molecule has 0 spiro atoms. The Morgan fingerprint density at radius 3 is 2.68 bits per heavy atom. The molecule has 6 nitrogen and oxygen atoms in total. The SMILES string of the molecule is COc1ccc(-c2nnc(NC(=O)[C@@H]3C[C@@H]4C=C[C@H]3C4)s2)cc1OC. The van der Waals surface area contributed by atoms with Gasteiger partial charge in [0.05, 0.1) is 14.2 Å². The molecule has 2 bridgehead atoms. The van der Waals surface area contributed by atoms with E-state index in [1.165, 1.54) is 11.3 Å². The van der Waals surface area contributed by atoms with Crippen LogP contribution < -0.4 is 14.8 Å². The minimum absolute atomic E-state index is 0.0480. The molecule has 25 heavy (non-hydrogen) atoms. The van der Waals surface area contributed by atoms with E-state index in [2.05, 4.69) is 27.7 Å². The van der Waals surface area contributed by atoms with E-state index in [0.717, 1.165) is 23.4 Å². The number of amides is 1. The van der Waals surface area contributed by atoms with Crippen LogP contribution in [0.4, 0.5) is 5.13 Å². The third-order valence-electron chi connectivity index (χ3n) is 4.90. The fourth-order valence-electron chi connectivity index (χ4n) is 3.64. The Morgan fingerprint density at radius 1 is 1.16 bits per heavy atom. The summed E-state index contributed by atoms with van der Waals surface area (Å²) >= 11 is 1.36. The Bertz CT molecular complexity index is 833. The maximum atomic E-state index is 12.5. The van der Waals surface area contributed by atoms with Gasteiger partial charge in [0, 0.05) is 11.5 Å². The van der Waals surface area contributed by atoms with Crippen LogP contribution >= 0.6 is 11.3 Å². The van der Waals surface area contributed by atoms with Gasteiger partial charge in [0.1, 0.15) is 5.01 Å². The summed E-state index contributed by atoms with van der Waals surface area (Å²) in [6.07, 6.45) is 6.45. The molecule has 1 N–H and O–H groups in total. The standard InChI is InChI=1S/C18H19N3O3S/c1-23-14-6-5-12(9-15(14)24-2)17-20-21-18(25-17)19-16(22)13-8-10-3-4-11(13)7-10/h3-6,9-11,13H,7-8H2,1-2H3,(H,19,21,22)/t10-,11+,13-/m1/s1. The van der Waals surface area contributed by atoms with Crippen molar-refractivity contribution in [1.82, 2.24) is 10.2 Å². The summed E-state index contributed by atoms with van der Waals surface area (Å²) in [5, 5.41) is 12.5. The Labute approximate surface area is 149 Å². The van der Waals surface area contributed by atoms with Crippen LogP contribution in [-0.2, 0) is 4.79 Å². The van der Waals surface area contributed by atoms with Crippen molar-refractivity contribution < 1.29 is 14.3 Å². The van der Waals surface area contributed by atoms with Crippen LogP contribution in [0.25, 0.3) is 10.6 Å². The summed E-state index contributed by atoms with van der Waals surface area (Å²) in [6.45, 7) is 0. The number of rotatable bonds is 5. The van der Waals surface area contributed by atoms with Gasteiger partial charge in [-0.15, -0.1) is 10.2 Å². The Kier molecular flexibility index (Phi) is 4.17. The van der Waals surface area contributed by atoms with Crippen LogP contribution in [0.5, 0.6) is 11.5 Å². The van der Waals surface area contributed by atoms with Gasteiger partial charge in [0.15, 0.2) is 11.5 Å². The molecule has 1 aromatic carbocycles. The van der Waals surface area contributed by atoms with E-state index < -0.39 is 0 Å². The molecule has 0 saturated heterocycles. The molecule has 1 heterocycles. The number of fused-ring (bicyclic) bond motifs is 2. The summed E-state index contributed by atoms with van der Waals surface area (Å²) in [4.78, 5) is 12.5. The van der Waals surface area contributed by atoms with Crippen molar-refractivity contribution in [2.75, 3.05) is 19.5 Å². The minimum atomic E-state index is 0.0480. The fraction of sp³-hybridized carbons (Fsp3) is 0.389. The number of carbonyl (C=O) groups excluding carboxylic acids is 1. The van der Waals surface area contributed by atoms with Crippen LogP contribution in [0, 0.1) is 17.8 Å². The maximum Gasteiger partial charge on any atom is 0.229 e. The van der Waals surface area contributed by atoms with Crippen molar-refractivity contribution >= 4 is 22.4 Å². The van der Waals surface area contributed by atoms with Crippen LogP contribution in [0.3, 0.4) is 0 Å². The molecule has 1 amide bonds. The highest BCUT2D eigenvalue weighted by atomic mass is 32.1. The topological polar surface area (TPSA) is 73.3 Å². The highest BCUT2D eigenvalue weighted by molar-refractivity contribution is 7.18. The van der Waals surface area contributed by atoms with Crippen LogP contribution in [0.1, 0.15) is 12.8 Å². The normalized spacial score (nSPS) is 23.7. The van der Waals surface area contributed by atoms with E-state index in [1.54, 1.807) is 14.2 Å². The van der Waals surface area contributed by atoms with Crippen molar-refractivity contribution in [3.05, 3.63) is 30.4 Å². The quantitative estimate of drug-likeness (QED) is 0.831. The van der Waals surface area contributed by atoms with Crippen LogP contribution in [0.15, 0.2) is 30.4 Å². The van der Waals surface area contributed by atoms with E-state index in [4.69, 9.17) is 9.47 Å². The van der Waals surface area contributed by atoms with E-state index in [9.17, 15) is 4.79 Å². The molecule has 1 fully saturated rings. The van der Waals surface area contributed by atoms with Gasteiger partial charge >= 0.3 is 0 Å². The summed E-state index contributed by atoms with van der Waals surface area (Å²) < 4.78 is 10.6. The van der Waals surface area contributed by atoms with Gasteiger partial charge < -0.3 is 14.8 Å². The van der Waals surface area contributed by atoms with Gasteiger partial charge in [-0.05, 0) is 42.9 Å². The molecule has 7 heteroatoms. The molecule has 1 saturated carbocycles. The number of hydrogen-bond acceptors (Lipinski definition) is 6. The second-order valence-corrected chi connectivity index (χ2v) is 7.34. The van der Waals surface area contributed by atoms with Crippen LogP contribution in [-0.4, -0.2) is 30.3 Å². The summed E-state index contributed by atoms with van der Waals surface area (Å²) in [5.41, 5.74) is 0.874. The number of carbonyl (C=O) groups is 1. The maximum absolute atomic E-state index is 12.5. The molecule has 0 radical (unpaired) electrons. The largest absolute Gasteiger partial charge is 0.493 e. The average Bonchev–Trinajstić information content (AvgIpc) is 3.37. The van der Waals surface area contributed by atoms with Gasteiger partial charge in [-0.2, -0.15) is 0 Å². The third-order valence-corrected chi connectivity index (χ3v) is 5.79. The molecule has 2 aliphatic rings. The zero-order chi connectivity index (χ0) is 17.4. The number of allylic oxidation sites excluding steroid dienone is 2. The number of hydrogen-bond donors (Lipinski definition) is 1. The van der Waals surface area contributed by atoms with Gasteiger partial charge in [-0.1, -0.05) is 23.5 Å². The number of aromatic nitrogens is 2. The van der Waals surface area contributed by atoms with Crippen molar-refractivity contribution in [3.63, 3.8) is 0 Å². The van der Waals surface area contributed by atoms with Gasteiger partial charge in [-0.3, -0.25) is 4.79 Å². The van der Waals surface area contributed by atoms with Crippen molar-refractivity contribution in [3.8, 4) is 22.1 Å². The first kappa shape index (κ1) is 16.1. The fourth-order valence-corrected chi connectivity index (χ4v) is 4.38. The van der Waals surface area contributed by atoms with E-state index >= 15 is 0 Å². The second-order valence-electron chi connectivity index (χ2n) is 6.36. The molecule has 4 rings (SSSR count). The molecular formula is C18H19N3O3S. The monoisotopic (exact) mass is 357 g/mol. The zero-order valence-electron chi connectivity index (χ0n) is 14.1. The Hall–Kier alpha value is -2.41. The first-order chi connectivity index (χ1) is 12.2. The van der Waals surface area contributed by atoms with E-state index in [-0.39, 0.29) is 11.8 Å². The highest BCUT2D eigenvalue weighted by Crippen LogP contribution is 2.44. The zero-order valence-corrected chi connectivity index (χ0v) is 14.9. The predicted octanol–water partition coefficient (Wildman–Crippen LogP) is 3.37. The molecule has 1 aromatic heterocycles. The second kappa shape index (κ2) is 6.48. The number of ether oxygens (including phenoxy) is 2. The first-order valence-electron chi connectivity index (χ1n) is 8.23. The number of nitrogens with zero attached hydrogens (tertiary/aromatic N) is 2. The number of nitrogens with one attached hydrogen (secondary N) is 1. The van der Waals surface area contributed by atoms with Crippen molar-refractivity contribution in [2.45, 2.75) is 12.8 Å². The molecule has 0 unspecified atom stereocenters. The molecule has 2 aliphatic carbocycles. The summed E-state index contributed by atoms with van der Waals surface area (Å²) in [7, 11) is 3.19. The van der Waals surface area contributed by atoms with Gasteiger partial charge in [0.25, 0.3) is 0 Å². The smallest absolute Gasteiger partial charge is 0.229 e. The van der Waals surface area contributed by atoms with Gasteiger partial charge in [0.2, 0.25) is 11.0 Å². The number of anilines is 1. The third kappa shape index (κ3) is 3.00. The van der Waals surface area contributed by atoms with Gasteiger partial charge in [-0.25, -0.2) is 0 Å². The minimum Gasteiger partial charge on any atom is -0.493 e. The van der Waals surface area contributed by atoms with E-state index in [1.807, 2.05) is 18.2 Å². The van der Waals surface area contributed by atoms with Crippen LogP contribution in [0.2, 0.25) is 0 Å². The molecule has 0 aliphatic heterocycles. The number of methoxy groups -OCH3 is 2. The summed E-state index contributed by atoms with van der Waals surface area (Å²) in [6, 6.07) is 5.58. The molecular weight excluding hydrogens is 338 g/mol. The van der Waals surface area contributed by atoms with Crippen molar-refractivity contribution in [2.24, 2.45) is 17.8 Å². The lowest BCUT2D eigenvalue weighted by Gasteiger charge is -2.16. The summed E-state index contributed by atoms with van der Waals surface area (Å²) in [5.74, 6) is 2.35. The Morgan fingerprint density at radius 2 is 2.00 bits per heavy atom. The lowest BCUT2D eigenvalue weighted by Crippen LogP contribution is -2.25. The molecule has 2 aromatic rings. The molecule has 130 valence electrons. The molecule has 3 atom stereocenters. The number of benzene rings is 1. The van der Waals surface area contributed by atoms with E-state index in [0.29, 0.717) is 28.5 Å². The van der Waals surface area contributed by atoms with Crippen molar-refractivity contribution in [1.29, 1.82) is 0 Å².